The first kappa shape index (κ1) is 20.1. The van der Waals surface area contributed by atoms with Crippen LogP contribution in [0, 0.1) is 18.8 Å². The van der Waals surface area contributed by atoms with Crippen molar-refractivity contribution in [2.45, 2.75) is 53.2 Å². The molecule has 1 saturated heterocycles. The summed E-state index contributed by atoms with van der Waals surface area (Å²) < 4.78 is 6.10. The lowest BCUT2D eigenvalue weighted by atomic mass is 10.1. The van der Waals surface area contributed by atoms with Crippen molar-refractivity contribution in [2.75, 3.05) is 13.1 Å². The summed E-state index contributed by atoms with van der Waals surface area (Å²) in [5.74, 6) is 0.0446. The first-order valence-corrected chi connectivity index (χ1v) is 9.28. The molecule has 2 amide bonds. The van der Waals surface area contributed by atoms with Crippen molar-refractivity contribution in [3.63, 3.8) is 0 Å². The molecule has 0 aliphatic carbocycles. The SMILES string of the molecule is Cc1ccc(CNC(=O)N2CCC(C(=O)O)C2)c(OC(C)CC(C)C)c1. The van der Waals surface area contributed by atoms with Gasteiger partial charge >= 0.3 is 12.0 Å². The number of urea groups is 1. The summed E-state index contributed by atoms with van der Waals surface area (Å²) in [4.78, 5) is 24.9. The highest BCUT2D eigenvalue weighted by atomic mass is 16.5. The average molecular weight is 362 g/mol. The van der Waals surface area contributed by atoms with Gasteiger partial charge in [-0.2, -0.15) is 0 Å². The number of amides is 2. The minimum atomic E-state index is -0.839. The molecule has 0 aromatic heterocycles. The first-order chi connectivity index (χ1) is 12.3. The third-order valence-electron chi connectivity index (χ3n) is 4.61. The molecule has 6 nitrogen and oxygen atoms in total. The molecule has 6 heteroatoms. The van der Waals surface area contributed by atoms with Gasteiger partial charge in [0.2, 0.25) is 0 Å². The molecule has 1 aromatic rings. The summed E-state index contributed by atoms with van der Waals surface area (Å²) in [7, 11) is 0. The zero-order chi connectivity index (χ0) is 19.3. The molecule has 1 aliphatic heterocycles. The van der Waals surface area contributed by atoms with Crippen molar-refractivity contribution < 1.29 is 19.4 Å². The number of carboxylic acid groups (broad SMARTS) is 1. The van der Waals surface area contributed by atoms with Crippen LogP contribution < -0.4 is 10.1 Å². The number of nitrogens with one attached hydrogen (secondary N) is 1. The van der Waals surface area contributed by atoms with Gasteiger partial charge in [0, 0.05) is 25.2 Å². The Labute approximate surface area is 155 Å². The highest BCUT2D eigenvalue weighted by molar-refractivity contribution is 5.77. The number of hydrogen-bond donors (Lipinski definition) is 2. The van der Waals surface area contributed by atoms with Crippen LogP contribution in [0.25, 0.3) is 0 Å². The Hall–Kier alpha value is -2.24. The maximum atomic E-state index is 12.3. The zero-order valence-electron chi connectivity index (χ0n) is 16.1. The van der Waals surface area contributed by atoms with Crippen molar-refractivity contribution in [1.82, 2.24) is 10.2 Å². The molecule has 2 unspecified atom stereocenters. The first-order valence-electron chi connectivity index (χ1n) is 9.28. The summed E-state index contributed by atoms with van der Waals surface area (Å²) in [6.45, 7) is 9.50. The number of carbonyl (C=O) groups excluding carboxylic acids is 1. The van der Waals surface area contributed by atoms with Gasteiger partial charge in [0.05, 0.1) is 12.0 Å². The van der Waals surface area contributed by atoms with Crippen LogP contribution in [-0.4, -0.2) is 41.2 Å². The Balaban J connectivity index is 1.96. The van der Waals surface area contributed by atoms with Gasteiger partial charge in [-0.3, -0.25) is 4.79 Å². The predicted molar refractivity (Wildman–Crippen MR) is 100 cm³/mol. The fourth-order valence-electron chi connectivity index (χ4n) is 3.28. The number of aryl methyl sites for hydroxylation is 1. The number of carboxylic acids is 1. The van der Waals surface area contributed by atoms with Crippen molar-refractivity contribution in [3.05, 3.63) is 29.3 Å². The van der Waals surface area contributed by atoms with E-state index in [0.29, 0.717) is 25.4 Å². The third-order valence-corrected chi connectivity index (χ3v) is 4.61. The van der Waals surface area contributed by atoms with Crippen LogP contribution >= 0.6 is 0 Å². The van der Waals surface area contributed by atoms with Gasteiger partial charge in [0.1, 0.15) is 5.75 Å². The van der Waals surface area contributed by atoms with Crippen LogP contribution in [0.15, 0.2) is 18.2 Å². The Morgan fingerprint density at radius 2 is 2.08 bits per heavy atom. The number of ether oxygens (including phenoxy) is 1. The quantitative estimate of drug-likeness (QED) is 0.779. The topological polar surface area (TPSA) is 78.9 Å². The fourth-order valence-corrected chi connectivity index (χ4v) is 3.28. The number of hydrogen-bond acceptors (Lipinski definition) is 3. The number of likely N-dealkylation sites (tertiary alicyclic amines) is 1. The summed E-state index contributed by atoms with van der Waals surface area (Å²) in [5, 5.41) is 11.9. The third kappa shape index (κ3) is 5.64. The van der Waals surface area contributed by atoms with Gasteiger partial charge in [-0.05, 0) is 44.2 Å². The average Bonchev–Trinajstić information content (AvgIpc) is 3.03. The molecule has 1 heterocycles. The molecule has 1 fully saturated rings. The van der Waals surface area contributed by atoms with Crippen molar-refractivity contribution >= 4 is 12.0 Å². The number of nitrogens with zero attached hydrogens (tertiary/aromatic N) is 1. The van der Waals surface area contributed by atoms with E-state index in [4.69, 9.17) is 9.84 Å². The molecule has 1 aliphatic rings. The monoisotopic (exact) mass is 362 g/mol. The minimum Gasteiger partial charge on any atom is -0.490 e. The number of benzene rings is 1. The Morgan fingerprint density at radius 1 is 1.35 bits per heavy atom. The van der Waals surface area contributed by atoms with E-state index >= 15 is 0 Å². The van der Waals surface area contributed by atoms with Crippen LogP contribution in [0.5, 0.6) is 5.75 Å². The molecule has 0 saturated carbocycles. The van der Waals surface area contributed by atoms with E-state index in [9.17, 15) is 9.59 Å². The van der Waals surface area contributed by atoms with Gasteiger partial charge < -0.3 is 20.1 Å². The van der Waals surface area contributed by atoms with E-state index in [1.807, 2.05) is 25.1 Å². The van der Waals surface area contributed by atoms with Crippen LogP contribution in [0.3, 0.4) is 0 Å². The fraction of sp³-hybridized carbons (Fsp3) is 0.600. The number of aliphatic carboxylic acids is 1. The number of carbonyl (C=O) groups is 2. The Bertz CT molecular complexity index is 645. The lowest BCUT2D eigenvalue weighted by Gasteiger charge is -2.21. The van der Waals surface area contributed by atoms with Gasteiger partial charge in [-0.25, -0.2) is 4.79 Å². The summed E-state index contributed by atoms with van der Waals surface area (Å²) in [6, 6.07) is 5.74. The van der Waals surface area contributed by atoms with E-state index in [0.717, 1.165) is 23.3 Å². The summed E-state index contributed by atoms with van der Waals surface area (Å²) in [6.07, 6.45) is 1.57. The molecule has 144 valence electrons. The van der Waals surface area contributed by atoms with Crippen LogP contribution in [0.4, 0.5) is 4.79 Å². The summed E-state index contributed by atoms with van der Waals surface area (Å²) >= 11 is 0. The molecule has 26 heavy (non-hydrogen) atoms. The molecule has 0 radical (unpaired) electrons. The standard InChI is InChI=1S/C20H30N2O4/c1-13(2)9-15(4)26-18-10-14(3)5-6-16(18)11-21-20(25)22-8-7-17(12-22)19(23)24/h5-6,10,13,15,17H,7-9,11-12H2,1-4H3,(H,21,25)(H,23,24). The van der Waals surface area contributed by atoms with Gasteiger partial charge in [-0.15, -0.1) is 0 Å². The lowest BCUT2D eigenvalue weighted by molar-refractivity contribution is -0.141. The molecule has 0 bridgehead atoms. The van der Waals surface area contributed by atoms with Gasteiger partial charge in [0.25, 0.3) is 0 Å². The lowest BCUT2D eigenvalue weighted by Crippen LogP contribution is -2.38. The molecule has 2 atom stereocenters. The molecule has 2 rings (SSSR count). The van der Waals surface area contributed by atoms with Crippen LogP contribution in [0.1, 0.15) is 44.7 Å². The second-order valence-electron chi connectivity index (χ2n) is 7.60. The van der Waals surface area contributed by atoms with E-state index < -0.39 is 11.9 Å². The van der Waals surface area contributed by atoms with Crippen LogP contribution in [0.2, 0.25) is 0 Å². The van der Waals surface area contributed by atoms with E-state index in [-0.39, 0.29) is 18.7 Å². The Kier molecular flexibility index (Phi) is 6.89. The second-order valence-corrected chi connectivity index (χ2v) is 7.60. The molecule has 2 N–H and O–H groups in total. The molecule has 1 aromatic carbocycles. The van der Waals surface area contributed by atoms with Crippen molar-refractivity contribution in [2.24, 2.45) is 11.8 Å². The van der Waals surface area contributed by atoms with Crippen molar-refractivity contribution in [3.8, 4) is 5.75 Å². The van der Waals surface area contributed by atoms with E-state index in [2.05, 4.69) is 26.1 Å². The Morgan fingerprint density at radius 3 is 2.69 bits per heavy atom. The highest BCUT2D eigenvalue weighted by Gasteiger charge is 2.30. The van der Waals surface area contributed by atoms with Crippen molar-refractivity contribution in [1.29, 1.82) is 0 Å². The molecule has 0 spiro atoms. The maximum absolute atomic E-state index is 12.3. The van der Waals surface area contributed by atoms with Gasteiger partial charge in [-0.1, -0.05) is 26.0 Å². The smallest absolute Gasteiger partial charge is 0.317 e. The molecular weight excluding hydrogens is 332 g/mol. The van der Waals surface area contributed by atoms with Crippen LogP contribution in [-0.2, 0) is 11.3 Å². The van der Waals surface area contributed by atoms with E-state index in [1.54, 1.807) is 4.90 Å². The predicted octanol–water partition coefficient (Wildman–Crippen LogP) is 3.42. The van der Waals surface area contributed by atoms with Gasteiger partial charge in [0.15, 0.2) is 0 Å². The largest absolute Gasteiger partial charge is 0.490 e. The second kappa shape index (κ2) is 8.92. The number of rotatable bonds is 7. The maximum Gasteiger partial charge on any atom is 0.317 e. The minimum absolute atomic E-state index is 0.0983. The molecular formula is C20H30N2O4. The normalized spacial score (nSPS) is 18.0. The van der Waals surface area contributed by atoms with E-state index in [1.165, 1.54) is 0 Å². The summed E-state index contributed by atoms with van der Waals surface area (Å²) in [5.41, 5.74) is 2.03. The zero-order valence-corrected chi connectivity index (χ0v) is 16.1. The highest BCUT2D eigenvalue weighted by Crippen LogP contribution is 2.23.